The highest BCUT2D eigenvalue weighted by Gasteiger charge is 2.30. The van der Waals surface area contributed by atoms with Crippen molar-refractivity contribution in [2.24, 2.45) is 11.7 Å². The third-order valence-electron chi connectivity index (χ3n) is 4.38. The van der Waals surface area contributed by atoms with Gasteiger partial charge >= 0.3 is 5.97 Å². The van der Waals surface area contributed by atoms with Gasteiger partial charge in [0.2, 0.25) is 0 Å². The van der Waals surface area contributed by atoms with Crippen LogP contribution in [0.2, 0.25) is 0 Å². The Hall–Kier alpha value is -1.63. The van der Waals surface area contributed by atoms with Crippen LogP contribution < -0.4 is 5.73 Å². The molecule has 0 saturated carbocycles. The van der Waals surface area contributed by atoms with Crippen molar-refractivity contribution in [3.05, 3.63) is 0 Å². The minimum absolute atomic E-state index is 0.0258. The minimum atomic E-state index is -1.79. The van der Waals surface area contributed by atoms with Gasteiger partial charge in [0, 0.05) is 0 Å². The van der Waals surface area contributed by atoms with Crippen LogP contribution >= 0.6 is 0 Å². The predicted octanol–water partition coefficient (Wildman–Crippen LogP) is -6.31. The molecule has 0 aromatic rings. The highest BCUT2D eigenvalue weighted by atomic mass is 16.4. The minimum Gasteiger partial charge on any atom is -0.480 e. The van der Waals surface area contributed by atoms with E-state index in [0.29, 0.717) is 0 Å². The Kier molecular flexibility index (Phi) is 21.6. The quantitative estimate of drug-likeness (QED) is 0.107. The van der Waals surface area contributed by atoms with Gasteiger partial charge in [0.1, 0.15) is 54.9 Å². The molecular formula is C18H37NO14. The Balaban J connectivity index is -0.000000414. The van der Waals surface area contributed by atoms with Crippen molar-refractivity contribution < 1.29 is 70.6 Å². The number of carbonyl (C=O) groups excluding carboxylic acids is 2. The summed E-state index contributed by atoms with van der Waals surface area (Å²) in [7, 11) is 0. The molecule has 0 amide bonds. The van der Waals surface area contributed by atoms with Gasteiger partial charge in [0.05, 0.1) is 13.2 Å². The van der Waals surface area contributed by atoms with Crippen LogP contribution in [-0.2, 0) is 14.4 Å². The first kappa shape index (κ1) is 35.9. The smallest absolute Gasteiger partial charge is 0.320 e. The number of aliphatic carboxylic acids is 1. The number of carbonyl (C=O) groups is 3. The fourth-order valence-electron chi connectivity index (χ4n) is 1.73. The zero-order valence-electron chi connectivity index (χ0n) is 18.3. The number of aliphatic hydroxyl groups excluding tert-OH is 10. The summed E-state index contributed by atoms with van der Waals surface area (Å²) in [6, 6.07) is -0.699. The SMILES string of the molecule is CC[C@H](C)[C@H](N)C(=O)O.O=C[C@H](O)[C@@H](O)[C@H](O)[C@H](O)CO.O=C[C@H](O)[C@@H](O)[C@H](O)[C@H](O)CO. The molecule has 0 aliphatic heterocycles. The average molecular weight is 491 g/mol. The van der Waals surface area contributed by atoms with E-state index in [9.17, 15) is 14.4 Å². The molecule has 0 aromatic heterocycles. The van der Waals surface area contributed by atoms with Crippen LogP contribution in [0, 0.1) is 5.92 Å². The van der Waals surface area contributed by atoms with Gasteiger partial charge < -0.3 is 71.5 Å². The number of hydrogen-bond donors (Lipinski definition) is 12. The topological polar surface area (TPSA) is 300 Å². The van der Waals surface area contributed by atoms with Gasteiger partial charge in [-0.3, -0.25) is 4.79 Å². The molecule has 198 valence electrons. The second-order valence-electron chi connectivity index (χ2n) is 6.97. The lowest BCUT2D eigenvalue weighted by atomic mass is 10.0. The summed E-state index contributed by atoms with van der Waals surface area (Å²) in [5, 5.41) is 95.4. The normalized spacial score (nSPS) is 19.9. The van der Waals surface area contributed by atoms with Crippen molar-refractivity contribution in [1.82, 2.24) is 0 Å². The van der Waals surface area contributed by atoms with E-state index in [2.05, 4.69) is 0 Å². The predicted molar refractivity (Wildman–Crippen MR) is 109 cm³/mol. The molecule has 13 N–H and O–H groups in total. The van der Waals surface area contributed by atoms with Crippen molar-refractivity contribution in [2.75, 3.05) is 13.2 Å². The summed E-state index contributed by atoms with van der Waals surface area (Å²) >= 11 is 0. The summed E-state index contributed by atoms with van der Waals surface area (Å²) in [6.45, 7) is 2.24. The Morgan fingerprint density at radius 3 is 1.21 bits per heavy atom. The molecule has 0 spiro atoms. The van der Waals surface area contributed by atoms with Gasteiger partial charge in [0.25, 0.3) is 0 Å². The van der Waals surface area contributed by atoms with Crippen molar-refractivity contribution in [2.45, 2.75) is 75.1 Å². The monoisotopic (exact) mass is 491 g/mol. The van der Waals surface area contributed by atoms with E-state index in [-0.39, 0.29) is 18.5 Å². The molecule has 0 saturated heterocycles. The van der Waals surface area contributed by atoms with E-state index in [0.717, 1.165) is 6.42 Å². The van der Waals surface area contributed by atoms with Crippen LogP contribution in [-0.4, -0.2) is 143 Å². The molecule has 33 heavy (non-hydrogen) atoms. The maximum atomic E-state index is 10.2. The molecule has 0 aromatic carbocycles. The molecule has 0 rings (SSSR count). The van der Waals surface area contributed by atoms with Crippen LogP contribution in [0.4, 0.5) is 0 Å². The average Bonchev–Trinajstić information content (AvgIpc) is 2.84. The standard InChI is InChI=1S/C6H13NO2.2C6H12O6/c1-3-4(2)5(7)6(8)9;2*7-1-3(9)5(11)6(12)4(10)2-8/h4-5H,3,7H2,1-2H3,(H,8,9);2*1,3-6,8-12H,2H2/t4-,5-;2*3-,4+,5+,6+/m000/s1. The molecule has 0 aliphatic carbocycles. The van der Waals surface area contributed by atoms with E-state index < -0.39 is 74.1 Å². The number of carboxylic acid groups (broad SMARTS) is 1. The number of hydrogen-bond acceptors (Lipinski definition) is 14. The third-order valence-corrected chi connectivity index (χ3v) is 4.38. The number of aliphatic hydroxyl groups is 10. The van der Waals surface area contributed by atoms with Gasteiger partial charge in [-0.1, -0.05) is 20.3 Å². The van der Waals surface area contributed by atoms with Crippen LogP contribution in [0.5, 0.6) is 0 Å². The molecule has 15 nitrogen and oxygen atoms in total. The lowest BCUT2D eigenvalue weighted by Crippen LogP contribution is -2.46. The summed E-state index contributed by atoms with van der Waals surface area (Å²) in [5.41, 5.74) is 5.27. The molecular weight excluding hydrogens is 454 g/mol. The van der Waals surface area contributed by atoms with Crippen LogP contribution in [0.25, 0.3) is 0 Å². The number of rotatable bonds is 13. The number of carboxylic acids is 1. The second-order valence-corrected chi connectivity index (χ2v) is 6.97. The van der Waals surface area contributed by atoms with Gasteiger partial charge in [0.15, 0.2) is 12.6 Å². The van der Waals surface area contributed by atoms with Gasteiger partial charge in [-0.25, -0.2) is 0 Å². The van der Waals surface area contributed by atoms with E-state index in [1.54, 1.807) is 0 Å². The van der Waals surface area contributed by atoms with Crippen LogP contribution in [0.1, 0.15) is 20.3 Å². The maximum Gasteiger partial charge on any atom is 0.320 e. The highest BCUT2D eigenvalue weighted by Crippen LogP contribution is 2.05. The van der Waals surface area contributed by atoms with Crippen LogP contribution in [0.3, 0.4) is 0 Å². The first-order chi connectivity index (χ1) is 15.2. The van der Waals surface area contributed by atoms with E-state index in [4.69, 9.17) is 61.9 Å². The fraction of sp³-hybridized carbons (Fsp3) is 0.833. The highest BCUT2D eigenvalue weighted by molar-refractivity contribution is 5.73. The zero-order valence-corrected chi connectivity index (χ0v) is 18.3. The lowest BCUT2D eigenvalue weighted by Gasteiger charge is -2.22. The summed E-state index contributed by atoms with van der Waals surface area (Å²) < 4.78 is 0. The van der Waals surface area contributed by atoms with E-state index in [1.165, 1.54) is 0 Å². The number of aldehydes is 2. The molecule has 0 bridgehead atoms. The van der Waals surface area contributed by atoms with Crippen LogP contribution in [0.15, 0.2) is 0 Å². The second kappa shape index (κ2) is 19.8. The summed E-state index contributed by atoms with van der Waals surface area (Å²) in [4.78, 5) is 30.0. The maximum absolute atomic E-state index is 10.2. The third kappa shape index (κ3) is 15.0. The molecule has 0 unspecified atom stereocenters. The zero-order chi connectivity index (χ0) is 26.9. The summed E-state index contributed by atoms with van der Waals surface area (Å²) in [5.74, 6) is -0.841. The molecule has 0 aliphatic rings. The van der Waals surface area contributed by atoms with Gasteiger partial charge in [-0.05, 0) is 5.92 Å². The fourth-order valence-corrected chi connectivity index (χ4v) is 1.73. The lowest BCUT2D eigenvalue weighted by molar-refractivity contribution is -0.139. The Morgan fingerprint density at radius 2 is 1.06 bits per heavy atom. The first-order valence-electron chi connectivity index (χ1n) is 9.73. The first-order valence-corrected chi connectivity index (χ1v) is 9.73. The van der Waals surface area contributed by atoms with Crippen molar-refractivity contribution in [3.8, 4) is 0 Å². The largest absolute Gasteiger partial charge is 0.480 e. The molecule has 15 heteroatoms. The van der Waals surface area contributed by atoms with E-state index >= 15 is 0 Å². The molecule has 0 heterocycles. The van der Waals surface area contributed by atoms with Crippen molar-refractivity contribution in [1.29, 1.82) is 0 Å². The van der Waals surface area contributed by atoms with Gasteiger partial charge in [-0.15, -0.1) is 0 Å². The van der Waals surface area contributed by atoms with Crippen molar-refractivity contribution >= 4 is 18.5 Å². The van der Waals surface area contributed by atoms with E-state index in [1.807, 2.05) is 13.8 Å². The molecule has 0 radical (unpaired) electrons. The molecule has 0 fully saturated rings. The molecule has 10 atom stereocenters. The summed E-state index contributed by atoms with van der Waals surface area (Å²) in [6.07, 6.45) is -12.9. The van der Waals surface area contributed by atoms with Crippen molar-refractivity contribution in [3.63, 3.8) is 0 Å². The Bertz CT molecular complexity index is 492. The number of nitrogens with two attached hydrogens (primary N) is 1. The Morgan fingerprint density at radius 1 is 0.758 bits per heavy atom. The Labute approximate surface area is 190 Å². The van der Waals surface area contributed by atoms with Gasteiger partial charge in [-0.2, -0.15) is 0 Å².